The highest BCUT2D eigenvalue weighted by Gasteiger charge is 2.04. The average Bonchev–Trinajstić information content (AvgIpc) is 1.87. The van der Waals surface area contributed by atoms with Crippen LogP contribution in [0.15, 0.2) is 5.10 Å². The Morgan fingerprint density at radius 3 is 2.67 bits per heavy atom. The van der Waals surface area contributed by atoms with Gasteiger partial charge in [-0.05, 0) is 0 Å². The SMILES string of the molecule is N#CCC(N)/C(N)=N/N. The molecule has 50 valence electrons. The van der Waals surface area contributed by atoms with Crippen LogP contribution in [0, 0.1) is 11.3 Å². The second-order valence-electron chi connectivity index (χ2n) is 1.52. The molecule has 0 aromatic rings. The molecule has 0 spiro atoms. The first-order chi connectivity index (χ1) is 4.22. The number of hydrazone groups is 1. The van der Waals surface area contributed by atoms with Crippen molar-refractivity contribution in [1.82, 2.24) is 0 Å². The van der Waals surface area contributed by atoms with Gasteiger partial charge in [-0.3, -0.25) is 0 Å². The summed E-state index contributed by atoms with van der Waals surface area (Å²) in [6, 6.07) is 1.31. The van der Waals surface area contributed by atoms with Crippen molar-refractivity contribution in [2.75, 3.05) is 0 Å². The first-order valence-corrected chi connectivity index (χ1v) is 2.38. The highest BCUT2D eigenvalue weighted by molar-refractivity contribution is 5.85. The van der Waals surface area contributed by atoms with Crippen LogP contribution in [0.1, 0.15) is 6.42 Å². The highest BCUT2D eigenvalue weighted by atomic mass is 15.2. The summed E-state index contributed by atoms with van der Waals surface area (Å²) in [4.78, 5) is 0. The summed E-state index contributed by atoms with van der Waals surface area (Å²) in [5, 5.41) is 11.2. The molecule has 0 heterocycles. The third kappa shape index (κ3) is 2.51. The smallest absolute Gasteiger partial charge is 0.137 e. The van der Waals surface area contributed by atoms with E-state index in [2.05, 4.69) is 5.10 Å². The predicted octanol–water partition coefficient (Wildman–Crippen LogP) is -1.54. The van der Waals surface area contributed by atoms with Crippen molar-refractivity contribution in [3.05, 3.63) is 0 Å². The zero-order valence-corrected chi connectivity index (χ0v) is 4.91. The zero-order chi connectivity index (χ0) is 7.28. The molecule has 0 saturated carbocycles. The van der Waals surface area contributed by atoms with Crippen molar-refractivity contribution in [1.29, 1.82) is 5.26 Å². The molecule has 0 aliphatic carbocycles. The maximum atomic E-state index is 8.10. The summed E-state index contributed by atoms with van der Waals surface area (Å²) in [5.74, 6) is 4.88. The third-order valence-corrected chi connectivity index (χ3v) is 0.840. The minimum Gasteiger partial charge on any atom is -0.384 e. The second kappa shape index (κ2) is 3.69. The number of nitrogens with zero attached hydrogens (tertiary/aromatic N) is 2. The molecule has 9 heavy (non-hydrogen) atoms. The average molecular weight is 127 g/mol. The van der Waals surface area contributed by atoms with Gasteiger partial charge in [-0.25, -0.2) is 0 Å². The summed E-state index contributed by atoms with van der Waals surface area (Å²) < 4.78 is 0. The number of nitrogens with two attached hydrogens (primary N) is 3. The van der Waals surface area contributed by atoms with Gasteiger partial charge in [0.2, 0.25) is 0 Å². The van der Waals surface area contributed by atoms with Crippen molar-refractivity contribution >= 4 is 5.84 Å². The molecule has 0 aromatic carbocycles. The molecule has 0 fully saturated rings. The van der Waals surface area contributed by atoms with E-state index < -0.39 is 6.04 Å². The van der Waals surface area contributed by atoms with E-state index in [0.29, 0.717) is 0 Å². The molecule has 0 aliphatic heterocycles. The number of hydrogen-bond acceptors (Lipinski definition) is 4. The maximum Gasteiger partial charge on any atom is 0.137 e. The zero-order valence-electron chi connectivity index (χ0n) is 4.91. The van der Waals surface area contributed by atoms with Crippen LogP contribution in [0.3, 0.4) is 0 Å². The van der Waals surface area contributed by atoms with E-state index >= 15 is 0 Å². The van der Waals surface area contributed by atoms with Crippen molar-refractivity contribution < 1.29 is 0 Å². The van der Waals surface area contributed by atoms with E-state index in [4.69, 9.17) is 22.6 Å². The minimum absolute atomic E-state index is 0.108. The Morgan fingerprint density at radius 2 is 2.33 bits per heavy atom. The largest absolute Gasteiger partial charge is 0.384 e. The molecule has 0 aliphatic rings. The Bertz CT molecular complexity index is 144. The minimum atomic E-state index is -0.528. The number of rotatable bonds is 2. The van der Waals surface area contributed by atoms with Gasteiger partial charge in [0.15, 0.2) is 0 Å². The lowest BCUT2D eigenvalue weighted by molar-refractivity contribution is 0.867. The first kappa shape index (κ1) is 7.72. The molecule has 1 unspecified atom stereocenters. The molecule has 0 saturated heterocycles. The number of amidine groups is 1. The van der Waals surface area contributed by atoms with Gasteiger partial charge in [0.1, 0.15) is 5.84 Å². The fourth-order valence-electron chi connectivity index (χ4n) is 0.299. The molecule has 0 bridgehead atoms. The third-order valence-electron chi connectivity index (χ3n) is 0.840. The van der Waals surface area contributed by atoms with E-state index in [9.17, 15) is 0 Å². The van der Waals surface area contributed by atoms with Crippen LogP contribution in [0.5, 0.6) is 0 Å². The standard InChI is InChI=1S/C4H9N5/c5-2-1-3(6)4(7)9-8/h3H,1,6,8H2,(H2,7,9). The number of nitriles is 1. The molecular formula is C4H9N5. The molecule has 5 heteroatoms. The Kier molecular flexibility index (Phi) is 3.16. The summed E-state index contributed by atoms with van der Waals surface area (Å²) >= 11 is 0. The quantitative estimate of drug-likeness (QED) is 0.180. The summed E-state index contributed by atoms with van der Waals surface area (Å²) in [5.41, 5.74) is 10.4. The van der Waals surface area contributed by atoms with Gasteiger partial charge in [-0.15, -0.1) is 0 Å². The Labute approximate surface area is 53.1 Å². The van der Waals surface area contributed by atoms with Crippen molar-refractivity contribution in [3.63, 3.8) is 0 Å². The normalized spacial score (nSPS) is 14.4. The van der Waals surface area contributed by atoms with Gasteiger partial charge in [0, 0.05) is 0 Å². The van der Waals surface area contributed by atoms with Crippen molar-refractivity contribution in [3.8, 4) is 6.07 Å². The molecule has 1 atom stereocenters. The van der Waals surface area contributed by atoms with E-state index in [1.165, 1.54) is 0 Å². The van der Waals surface area contributed by atoms with Crippen LogP contribution < -0.4 is 17.3 Å². The monoisotopic (exact) mass is 127 g/mol. The summed E-state index contributed by atoms with van der Waals surface area (Å²) in [6.45, 7) is 0. The summed E-state index contributed by atoms with van der Waals surface area (Å²) in [6.07, 6.45) is 0.145. The summed E-state index contributed by atoms with van der Waals surface area (Å²) in [7, 11) is 0. The lowest BCUT2D eigenvalue weighted by Crippen LogP contribution is -2.37. The molecular weight excluding hydrogens is 118 g/mol. The molecule has 0 rings (SSSR count). The molecule has 0 aromatic heterocycles. The first-order valence-electron chi connectivity index (χ1n) is 2.38. The lowest BCUT2D eigenvalue weighted by atomic mass is 10.2. The fraction of sp³-hybridized carbons (Fsp3) is 0.500. The van der Waals surface area contributed by atoms with Crippen LogP contribution in [0.25, 0.3) is 0 Å². The van der Waals surface area contributed by atoms with E-state index in [0.717, 1.165) is 0 Å². The van der Waals surface area contributed by atoms with Crippen LogP contribution >= 0.6 is 0 Å². The molecule has 6 N–H and O–H groups in total. The van der Waals surface area contributed by atoms with Gasteiger partial charge >= 0.3 is 0 Å². The molecule has 0 amide bonds. The van der Waals surface area contributed by atoms with Crippen LogP contribution in [-0.4, -0.2) is 11.9 Å². The Hall–Kier alpha value is -1.28. The van der Waals surface area contributed by atoms with Crippen molar-refractivity contribution in [2.24, 2.45) is 22.4 Å². The van der Waals surface area contributed by atoms with E-state index in [1.807, 2.05) is 6.07 Å². The maximum absolute atomic E-state index is 8.10. The van der Waals surface area contributed by atoms with Crippen molar-refractivity contribution in [2.45, 2.75) is 12.5 Å². The Balaban J connectivity index is 3.76. The van der Waals surface area contributed by atoms with Gasteiger partial charge < -0.3 is 17.3 Å². The van der Waals surface area contributed by atoms with Crippen LogP contribution in [-0.2, 0) is 0 Å². The Morgan fingerprint density at radius 1 is 1.78 bits per heavy atom. The van der Waals surface area contributed by atoms with E-state index in [1.54, 1.807) is 0 Å². The fourth-order valence-corrected chi connectivity index (χ4v) is 0.299. The van der Waals surface area contributed by atoms with Crippen LogP contribution in [0.4, 0.5) is 0 Å². The molecule has 0 radical (unpaired) electrons. The van der Waals surface area contributed by atoms with Gasteiger partial charge in [0.25, 0.3) is 0 Å². The predicted molar refractivity (Wildman–Crippen MR) is 34.0 cm³/mol. The topological polar surface area (TPSA) is 114 Å². The highest BCUT2D eigenvalue weighted by Crippen LogP contribution is 1.82. The molecule has 5 nitrogen and oxygen atoms in total. The second-order valence-corrected chi connectivity index (χ2v) is 1.52. The van der Waals surface area contributed by atoms with Gasteiger partial charge in [-0.2, -0.15) is 10.4 Å². The van der Waals surface area contributed by atoms with Gasteiger partial charge in [0.05, 0.1) is 18.5 Å². The van der Waals surface area contributed by atoms with Crippen LogP contribution in [0.2, 0.25) is 0 Å². The van der Waals surface area contributed by atoms with E-state index in [-0.39, 0.29) is 12.3 Å². The lowest BCUT2D eigenvalue weighted by Gasteiger charge is -2.02. The van der Waals surface area contributed by atoms with Gasteiger partial charge in [-0.1, -0.05) is 0 Å². The number of hydrogen-bond donors (Lipinski definition) is 3.